The van der Waals surface area contributed by atoms with E-state index in [0.29, 0.717) is 0 Å². The Morgan fingerprint density at radius 3 is 2.62 bits per heavy atom. The SMILES string of the molecule is CC1CCCCN1C1CCC1CN. The van der Waals surface area contributed by atoms with Gasteiger partial charge in [0.05, 0.1) is 0 Å². The molecular weight excluding hydrogens is 160 g/mol. The van der Waals surface area contributed by atoms with E-state index in [4.69, 9.17) is 5.73 Å². The topological polar surface area (TPSA) is 29.3 Å². The molecule has 0 radical (unpaired) electrons. The van der Waals surface area contributed by atoms with Crippen LogP contribution in [0.15, 0.2) is 0 Å². The quantitative estimate of drug-likeness (QED) is 0.703. The maximum absolute atomic E-state index is 5.75. The number of nitrogens with zero attached hydrogens (tertiary/aromatic N) is 1. The molecule has 0 amide bonds. The minimum Gasteiger partial charge on any atom is -0.330 e. The summed E-state index contributed by atoms with van der Waals surface area (Å²) < 4.78 is 0. The predicted molar refractivity (Wildman–Crippen MR) is 55.6 cm³/mol. The third-order valence-electron chi connectivity index (χ3n) is 3.96. The molecule has 1 aliphatic heterocycles. The molecule has 2 fully saturated rings. The summed E-state index contributed by atoms with van der Waals surface area (Å²) >= 11 is 0. The lowest BCUT2D eigenvalue weighted by Gasteiger charge is -2.48. The van der Waals surface area contributed by atoms with Crippen molar-refractivity contribution < 1.29 is 0 Å². The van der Waals surface area contributed by atoms with Crippen molar-refractivity contribution in [2.45, 2.75) is 51.1 Å². The Labute approximate surface area is 81.5 Å². The molecule has 1 saturated carbocycles. The Morgan fingerprint density at radius 2 is 2.08 bits per heavy atom. The van der Waals surface area contributed by atoms with Crippen LogP contribution in [0.4, 0.5) is 0 Å². The first-order valence-corrected chi connectivity index (χ1v) is 5.78. The van der Waals surface area contributed by atoms with Gasteiger partial charge in [0.15, 0.2) is 0 Å². The second kappa shape index (κ2) is 3.97. The molecule has 3 atom stereocenters. The van der Waals surface area contributed by atoms with Gasteiger partial charge in [-0.15, -0.1) is 0 Å². The lowest BCUT2D eigenvalue weighted by Crippen LogP contribution is -2.54. The monoisotopic (exact) mass is 182 g/mol. The molecule has 76 valence electrons. The Bertz CT molecular complexity index is 167. The highest BCUT2D eigenvalue weighted by Crippen LogP contribution is 2.34. The molecule has 0 bridgehead atoms. The highest BCUT2D eigenvalue weighted by atomic mass is 15.2. The van der Waals surface area contributed by atoms with E-state index in [1.165, 1.54) is 38.6 Å². The van der Waals surface area contributed by atoms with E-state index >= 15 is 0 Å². The van der Waals surface area contributed by atoms with Crippen molar-refractivity contribution in [2.75, 3.05) is 13.1 Å². The summed E-state index contributed by atoms with van der Waals surface area (Å²) in [6.45, 7) is 4.60. The van der Waals surface area contributed by atoms with Crippen LogP contribution in [0.2, 0.25) is 0 Å². The predicted octanol–water partition coefficient (Wildman–Crippen LogP) is 1.60. The summed E-state index contributed by atoms with van der Waals surface area (Å²) in [4.78, 5) is 2.71. The minimum absolute atomic E-state index is 0.806. The average Bonchev–Trinajstić information content (AvgIpc) is 2.08. The third kappa shape index (κ3) is 1.75. The standard InChI is InChI=1S/C11H22N2/c1-9-4-2-3-7-13(9)11-6-5-10(11)8-12/h9-11H,2-8,12H2,1H3. The van der Waals surface area contributed by atoms with Gasteiger partial charge in [-0.1, -0.05) is 6.42 Å². The van der Waals surface area contributed by atoms with Crippen LogP contribution in [0.3, 0.4) is 0 Å². The third-order valence-corrected chi connectivity index (χ3v) is 3.96. The summed E-state index contributed by atoms with van der Waals surface area (Å²) in [5, 5.41) is 0. The van der Waals surface area contributed by atoms with E-state index in [0.717, 1.165) is 24.5 Å². The van der Waals surface area contributed by atoms with Crippen LogP contribution in [0.5, 0.6) is 0 Å². The van der Waals surface area contributed by atoms with E-state index in [9.17, 15) is 0 Å². The molecule has 0 aromatic heterocycles. The summed E-state index contributed by atoms with van der Waals surface area (Å²) in [6, 6.07) is 1.65. The van der Waals surface area contributed by atoms with E-state index in [1.54, 1.807) is 0 Å². The van der Waals surface area contributed by atoms with Crippen LogP contribution in [0.25, 0.3) is 0 Å². The van der Waals surface area contributed by atoms with E-state index in [-0.39, 0.29) is 0 Å². The minimum atomic E-state index is 0.806. The zero-order valence-electron chi connectivity index (χ0n) is 8.71. The van der Waals surface area contributed by atoms with Gasteiger partial charge in [-0.3, -0.25) is 4.90 Å². The fourth-order valence-corrected chi connectivity index (χ4v) is 2.88. The van der Waals surface area contributed by atoms with Gasteiger partial charge in [0, 0.05) is 12.1 Å². The number of likely N-dealkylation sites (tertiary alicyclic amines) is 1. The average molecular weight is 182 g/mol. The zero-order chi connectivity index (χ0) is 9.26. The van der Waals surface area contributed by atoms with Crippen LogP contribution in [0.1, 0.15) is 39.0 Å². The Morgan fingerprint density at radius 1 is 1.23 bits per heavy atom. The van der Waals surface area contributed by atoms with Crippen molar-refractivity contribution in [1.29, 1.82) is 0 Å². The molecule has 2 nitrogen and oxygen atoms in total. The molecule has 0 spiro atoms. The van der Waals surface area contributed by atoms with Crippen molar-refractivity contribution >= 4 is 0 Å². The first kappa shape index (κ1) is 9.47. The van der Waals surface area contributed by atoms with Gasteiger partial charge in [-0.25, -0.2) is 0 Å². The molecule has 0 aromatic rings. The number of hydrogen-bond acceptors (Lipinski definition) is 2. The van der Waals surface area contributed by atoms with E-state index < -0.39 is 0 Å². The number of nitrogens with two attached hydrogens (primary N) is 1. The van der Waals surface area contributed by atoms with Gasteiger partial charge in [-0.05, 0) is 51.6 Å². The first-order valence-electron chi connectivity index (χ1n) is 5.78. The maximum atomic E-state index is 5.75. The van der Waals surface area contributed by atoms with Crippen LogP contribution in [-0.2, 0) is 0 Å². The van der Waals surface area contributed by atoms with Gasteiger partial charge in [0.1, 0.15) is 0 Å². The number of hydrogen-bond donors (Lipinski definition) is 1. The number of rotatable bonds is 2. The molecular formula is C11H22N2. The molecule has 2 N–H and O–H groups in total. The smallest absolute Gasteiger partial charge is 0.0138 e. The molecule has 2 rings (SSSR count). The molecule has 13 heavy (non-hydrogen) atoms. The van der Waals surface area contributed by atoms with Gasteiger partial charge in [0.25, 0.3) is 0 Å². The lowest BCUT2D eigenvalue weighted by atomic mass is 9.77. The van der Waals surface area contributed by atoms with Crippen molar-refractivity contribution in [3.8, 4) is 0 Å². The summed E-state index contributed by atoms with van der Waals surface area (Å²) in [7, 11) is 0. The molecule has 0 aromatic carbocycles. The fourth-order valence-electron chi connectivity index (χ4n) is 2.88. The van der Waals surface area contributed by atoms with Gasteiger partial charge >= 0.3 is 0 Å². The molecule has 3 unspecified atom stereocenters. The van der Waals surface area contributed by atoms with Gasteiger partial charge in [-0.2, -0.15) is 0 Å². The van der Waals surface area contributed by atoms with Crippen molar-refractivity contribution in [1.82, 2.24) is 4.90 Å². The van der Waals surface area contributed by atoms with Crippen LogP contribution in [0, 0.1) is 5.92 Å². The van der Waals surface area contributed by atoms with Crippen molar-refractivity contribution in [3.05, 3.63) is 0 Å². The Balaban J connectivity index is 1.91. The largest absolute Gasteiger partial charge is 0.330 e. The normalized spacial score (nSPS) is 41.5. The van der Waals surface area contributed by atoms with Crippen molar-refractivity contribution in [3.63, 3.8) is 0 Å². The Kier molecular flexibility index (Phi) is 2.89. The van der Waals surface area contributed by atoms with E-state index in [2.05, 4.69) is 11.8 Å². The molecule has 2 aliphatic rings. The van der Waals surface area contributed by atoms with E-state index in [1.807, 2.05) is 0 Å². The summed E-state index contributed by atoms with van der Waals surface area (Å²) in [5.41, 5.74) is 5.75. The van der Waals surface area contributed by atoms with Crippen LogP contribution in [-0.4, -0.2) is 30.1 Å². The molecule has 2 heteroatoms. The van der Waals surface area contributed by atoms with Gasteiger partial charge in [0.2, 0.25) is 0 Å². The maximum Gasteiger partial charge on any atom is 0.0138 e. The fraction of sp³-hybridized carbons (Fsp3) is 1.00. The summed E-state index contributed by atoms with van der Waals surface area (Å²) in [5.74, 6) is 0.806. The molecule has 1 heterocycles. The highest BCUT2D eigenvalue weighted by Gasteiger charge is 2.36. The lowest BCUT2D eigenvalue weighted by molar-refractivity contribution is 0.0171. The van der Waals surface area contributed by atoms with Crippen molar-refractivity contribution in [2.24, 2.45) is 11.7 Å². The van der Waals surface area contributed by atoms with Crippen LogP contribution < -0.4 is 5.73 Å². The highest BCUT2D eigenvalue weighted by molar-refractivity contribution is 4.92. The second-order valence-electron chi connectivity index (χ2n) is 4.72. The molecule has 1 saturated heterocycles. The zero-order valence-corrected chi connectivity index (χ0v) is 8.71. The summed E-state index contributed by atoms with van der Waals surface area (Å²) in [6.07, 6.45) is 6.99. The Hall–Kier alpha value is -0.0800. The molecule has 1 aliphatic carbocycles. The first-order chi connectivity index (χ1) is 6.33. The van der Waals surface area contributed by atoms with Crippen LogP contribution >= 0.6 is 0 Å². The van der Waals surface area contributed by atoms with Gasteiger partial charge < -0.3 is 5.73 Å². The number of piperidine rings is 1. The second-order valence-corrected chi connectivity index (χ2v) is 4.72.